The van der Waals surface area contributed by atoms with E-state index >= 15 is 0 Å². The van der Waals surface area contributed by atoms with Crippen molar-refractivity contribution in [1.29, 1.82) is 0 Å². The highest BCUT2D eigenvalue weighted by Crippen LogP contribution is 2.16. The average molecular weight is 319 g/mol. The van der Waals surface area contributed by atoms with Crippen LogP contribution in [0.3, 0.4) is 0 Å². The molecule has 0 unspecified atom stereocenters. The van der Waals surface area contributed by atoms with Crippen LogP contribution < -0.4 is 5.43 Å². The Morgan fingerprint density at radius 1 is 1.62 bits per heavy atom. The molecule has 72 valence electrons. The fourth-order valence-electron chi connectivity index (χ4n) is 0.817. The predicted molar refractivity (Wildman–Crippen MR) is 54.3 cm³/mol. The molecule has 1 rings (SSSR count). The average Bonchev–Trinajstić information content (AvgIpc) is 2.09. The molecule has 0 aliphatic carbocycles. The second kappa shape index (κ2) is 4.36. The third-order valence-corrected chi connectivity index (χ3v) is 2.91. The lowest BCUT2D eigenvalue weighted by molar-refractivity contribution is 0.149. The van der Waals surface area contributed by atoms with Gasteiger partial charge in [-0.25, -0.2) is 8.78 Å². The van der Waals surface area contributed by atoms with E-state index in [1.165, 1.54) is 0 Å². The summed E-state index contributed by atoms with van der Waals surface area (Å²) in [4.78, 5) is 13.8. The molecule has 0 atom stereocenters. The molecule has 1 heterocycles. The van der Waals surface area contributed by atoms with Crippen LogP contribution in [0.1, 0.15) is 17.7 Å². The van der Waals surface area contributed by atoms with Gasteiger partial charge in [-0.1, -0.05) is 0 Å². The highest BCUT2D eigenvalue weighted by molar-refractivity contribution is 14.1. The lowest BCUT2D eigenvalue weighted by Crippen LogP contribution is -2.15. The van der Waals surface area contributed by atoms with Gasteiger partial charge < -0.3 is 4.98 Å². The molecular formula is C7H5ClF2INO. The summed E-state index contributed by atoms with van der Waals surface area (Å²) in [5, 5.41) is 0. The maximum atomic E-state index is 12.2. The molecule has 0 aliphatic rings. The van der Waals surface area contributed by atoms with Crippen molar-refractivity contribution in [2.45, 2.75) is 12.3 Å². The summed E-state index contributed by atoms with van der Waals surface area (Å²) < 4.78 is 24.6. The topological polar surface area (TPSA) is 32.9 Å². The van der Waals surface area contributed by atoms with Gasteiger partial charge in [0.05, 0.1) is 15.0 Å². The van der Waals surface area contributed by atoms with Crippen molar-refractivity contribution < 1.29 is 8.78 Å². The van der Waals surface area contributed by atoms with Crippen molar-refractivity contribution >= 4 is 34.2 Å². The van der Waals surface area contributed by atoms with E-state index in [-0.39, 0.29) is 9.45 Å². The van der Waals surface area contributed by atoms with Crippen molar-refractivity contribution in [3.05, 3.63) is 31.2 Å². The molecule has 6 heteroatoms. The molecule has 0 fully saturated rings. The lowest BCUT2D eigenvalue weighted by atomic mass is 10.2. The molecule has 0 saturated heterocycles. The van der Waals surface area contributed by atoms with Gasteiger partial charge in [0.2, 0.25) is 5.43 Å². The monoisotopic (exact) mass is 319 g/mol. The fraction of sp³-hybridized carbons (Fsp3) is 0.286. The van der Waals surface area contributed by atoms with Crippen molar-refractivity contribution in [3.63, 3.8) is 0 Å². The fourth-order valence-corrected chi connectivity index (χ4v) is 1.91. The van der Waals surface area contributed by atoms with Gasteiger partial charge >= 0.3 is 0 Å². The number of rotatable bonds is 2. The second-order valence-electron chi connectivity index (χ2n) is 2.30. The summed E-state index contributed by atoms with van der Waals surface area (Å²) in [6, 6.07) is 0. The maximum Gasteiger partial charge on any atom is 0.269 e. The quantitative estimate of drug-likeness (QED) is 0.660. The minimum Gasteiger partial charge on any atom is -0.362 e. The normalized spacial score (nSPS) is 10.8. The molecule has 0 aliphatic heterocycles. The number of alkyl halides is 3. The van der Waals surface area contributed by atoms with Crippen LogP contribution in [-0.2, 0) is 5.88 Å². The Bertz CT molecular complexity index is 366. The number of pyridine rings is 1. The zero-order chi connectivity index (χ0) is 10.0. The molecule has 0 saturated carbocycles. The number of halogens is 4. The second-order valence-corrected chi connectivity index (χ2v) is 3.65. The molecule has 13 heavy (non-hydrogen) atoms. The summed E-state index contributed by atoms with van der Waals surface area (Å²) in [6.45, 7) is 0. The number of hydrogen-bond donors (Lipinski definition) is 1. The number of aromatic nitrogens is 1. The molecule has 0 spiro atoms. The van der Waals surface area contributed by atoms with Crippen molar-refractivity contribution in [1.82, 2.24) is 4.98 Å². The van der Waals surface area contributed by atoms with Gasteiger partial charge in [-0.3, -0.25) is 4.79 Å². The Labute approximate surface area is 91.4 Å². The number of aromatic amines is 1. The molecular weight excluding hydrogens is 314 g/mol. The Morgan fingerprint density at radius 3 is 2.69 bits per heavy atom. The van der Waals surface area contributed by atoms with Crippen molar-refractivity contribution in [2.75, 3.05) is 0 Å². The van der Waals surface area contributed by atoms with Gasteiger partial charge in [-0.15, -0.1) is 11.6 Å². The van der Waals surface area contributed by atoms with E-state index in [4.69, 9.17) is 11.6 Å². The summed E-state index contributed by atoms with van der Waals surface area (Å²) in [5.41, 5.74) is -0.695. The lowest BCUT2D eigenvalue weighted by Gasteiger charge is -2.03. The third-order valence-electron chi connectivity index (χ3n) is 1.50. The third kappa shape index (κ3) is 2.19. The maximum absolute atomic E-state index is 12.2. The Balaban J connectivity index is 3.32. The molecule has 0 aromatic carbocycles. The zero-order valence-corrected chi connectivity index (χ0v) is 9.20. The van der Waals surface area contributed by atoms with Gasteiger partial charge in [0.25, 0.3) is 6.43 Å². The standard InChI is InChI=1S/C7H5ClF2INO/c8-1-4-5(11)6(13)3(2-12-4)7(9)10/h2,7H,1H2,(H,12,13). The minimum absolute atomic E-state index is 0.108. The van der Waals surface area contributed by atoms with E-state index in [0.717, 1.165) is 6.20 Å². The first-order valence-corrected chi connectivity index (χ1v) is 4.93. The van der Waals surface area contributed by atoms with E-state index in [1.807, 2.05) is 0 Å². The molecule has 1 aromatic heterocycles. The first kappa shape index (κ1) is 10.9. The highest BCUT2D eigenvalue weighted by atomic mass is 127. The van der Waals surface area contributed by atoms with Crippen molar-refractivity contribution in [3.8, 4) is 0 Å². The van der Waals surface area contributed by atoms with Crippen LogP contribution in [0.25, 0.3) is 0 Å². The number of H-pyrrole nitrogens is 1. The largest absolute Gasteiger partial charge is 0.362 e. The van der Waals surface area contributed by atoms with Crippen LogP contribution in [0.15, 0.2) is 11.0 Å². The van der Waals surface area contributed by atoms with E-state index in [2.05, 4.69) is 4.98 Å². The molecule has 2 nitrogen and oxygen atoms in total. The van der Waals surface area contributed by atoms with Crippen LogP contribution >= 0.6 is 34.2 Å². The van der Waals surface area contributed by atoms with Gasteiger partial charge in [0.15, 0.2) is 0 Å². The van der Waals surface area contributed by atoms with Crippen LogP contribution in [0.4, 0.5) is 8.78 Å². The van der Waals surface area contributed by atoms with Gasteiger partial charge in [-0.05, 0) is 22.6 Å². The highest BCUT2D eigenvalue weighted by Gasteiger charge is 2.15. The van der Waals surface area contributed by atoms with E-state index in [1.54, 1.807) is 22.6 Å². The van der Waals surface area contributed by atoms with E-state index in [0.29, 0.717) is 5.69 Å². The summed E-state index contributed by atoms with van der Waals surface area (Å²) >= 11 is 7.18. The van der Waals surface area contributed by atoms with Gasteiger partial charge in [0, 0.05) is 11.9 Å². The molecule has 1 aromatic rings. The Hall–Kier alpha value is -0.170. The molecule has 1 N–H and O–H groups in total. The first-order valence-electron chi connectivity index (χ1n) is 3.32. The predicted octanol–water partition coefficient (Wildman–Crippen LogP) is 2.66. The minimum atomic E-state index is -2.75. The van der Waals surface area contributed by atoms with Crippen LogP contribution in [0.2, 0.25) is 0 Å². The van der Waals surface area contributed by atoms with Gasteiger partial charge in [0.1, 0.15) is 0 Å². The number of nitrogens with one attached hydrogen (secondary N) is 1. The molecule has 0 bridgehead atoms. The molecule has 0 radical (unpaired) electrons. The van der Waals surface area contributed by atoms with Crippen LogP contribution in [-0.4, -0.2) is 4.98 Å². The first-order chi connectivity index (χ1) is 6.07. The van der Waals surface area contributed by atoms with E-state index < -0.39 is 17.4 Å². The summed E-state index contributed by atoms with van der Waals surface area (Å²) in [5.74, 6) is 0.108. The van der Waals surface area contributed by atoms with Crippen molar-refractivity contribution in [2.24, 2.45) is 0 Å². The van der Waals surface area contributed by atoms with E-state index in [9.17, 15) is 13.6 Å². The smallest absolute Gasteiger partial charge is 0.269 e. The Morgan fingerprint density at radius 2 is 2.23 bits per heavy atom. The van der Waals surface area contributed by atoms with Crippen LogP contribution in [0, 0.1) is 3.57 Å². The van der Waals surface area contributed by atoms with Crippen LogP contribution in [0.5, 0.6) is 0 Å². The summed E-state index contributed by atoms with van der Waals surface area (Å²) in [7, 11) is 0. The molecule has 0 amide bonds. The zero-order valence-electron chi connectivity index (χ0n) is 6.28. The van der Waals surface area contributed by atoms with Gasteiger partial charge in [-0.2, -0.15) is 0 Å². The Kier molecular flexibility index (Phi) is 3.66. The number of hydrogen-bond acceptors (Lipinski definition) is 1. The SMILES string of the molecule is O=c1c(C(F)F)c[nH]c(CCl)c1I. The summed E-state index contributed by atoms with van der Waals surface area (Å²) in [6.07, 6.45) is -1.74.